The van der Waals surface area contributed by atoms with Crippen molar-refractivity contribution in [1.29, 1.82) is 0 Å². The molecule has 0 bridgehead atoms. The maximum Gasteiger partial charge on any atom is 0.0216 e. The Bertz CT molecular complexity index is 286. The van der Waals surface area contributed by atoms with E-state index in [9.17, 15) is 0 Å². The minimum Gasteiger partial charge on any atom is -0.312 e. The van der Waals surface area contributed by atoms with E-state index < -0.39 is 0 Å². The van der Waals surface area contributed by atoms with Gasteiger partial charge in [0.15, 0.2) is 0 Å². The van der Waals surface area contributed by atoms with E-state index in [4.69, 9.17) is 0 Å². The summed E-state index contributed by atoms with van der Waals surface area (Å²) >= 11 is 1.81. The molecule has 1 aromatic rings. The molecule has 0 unspecified atom stereocenters. The van der Waals surface area contributed by atoms with Gasteiger partial charge in [0.05, 0.1) is 0 Å². The lowest BCUT2D eigenvalue weighted by molar-refractivity contribution is 0.342. The third-order valence-corrected chi connectivity index (χ3v) is 4.35. The first kappa shape index (κ1) is 11.2. The first-order valence-corrected chi connectivity index (χ1v) is 7.03. The lowest BCUT2D eigenvalue weighted by Gasteiger charge is -2.21. The predicted molar refractivity (Wildman–Crippen MR) is 67.3 cm³/mol. The van der Waals surface area contributed by atoms with Gasteiger partial charge in [-0.25, -0.2) is 0 Å². The summed E-state index contributed by atoms with van der Waals surface area (Å²) in [5.41, 5.74) is 2.92. The van der Waals surface area contributed by atoms with Crippen LogP contribution >= 0.6 is 11.3 Å². The fourth-order valence-electron chi connectivity index (χ4n) is 2.37. The molecule has 0 radical (unpaired) electrons. The van der Waals surface area contributed by atoms with Crippen LogP contribution in [0.4, 0.5) is 0 Å². The molecule has 0 aromatic carbocycles. The molecule has 1 aliphatic rings. The second-order valence-electron chi connectivity index (χ2n) is 4.71. The summed E-state index contributed by atoms with van der Waals surface area (Å²) in [6, 6.07) is 0. The fourth-order valence-corrected chi connectivity index (χ4v) is 3.23. The third-order valence-electron chi connectivity index (χ3n) is 3.43. The van der Waals surface area contributed by atoms with Crippen molar-refractivity contribution in [3.63, 3.8) is 0 Å². The zero-order chi connectivity index (χ0) is 10.5. The zero-order valence-electron chi connectivity index (χ0n) is 9.59. The van der Waals surface area contributed by atoms with Crippen LogP contribution in [0.5, 0.6) is 0 Å². The van der Waals surface area contributed by atoms with E-state index >= 15 is 0 Å². The highest BCUT2D eigenvalue weighted by atomic mass is 32.1. The van der Waals surface area contributed by atoms with Crippen molar-refractivity contribution < 1.29 is 0 Å². The van der Waals surface area contributed by atoms with Gasteiger partial charge in [-0.15, -0.1) is 0 Å². The number of nitrogens with one attached hydrogen (secondary N) is 1. The minimum absolute atomic E-state index is 0.942. The Morgan fingerprint density at radius 3 is 2.73 bits per heavy atom. The van der Waals surface area contributed by atoms with Gasteiger partial charge in [0.25, 0.3) is 0 Å². The molecule has 1 nitrogen and oxygen atoms in total. The molecule has 1 heterocycles. The molecular weight excluding hydrogens is 202 g/mol. The normalized spacial score (nSPS) is 18.2. The summed E-state index contributed by atoms with van der Waals surface area (Å²) < 4.78 is 0. The SMILES string of the molecule is Cc1cscc1CNCC1CCCCC1. The van der Waals surface area contributed by atoms with Crippen molar-refractivity contribution in [2.75, 3.05) is 6.54 Å². The molecule has 1 aromatic heterocycles. The van der Waals surface area contributed by atoms with Crippen LogP contribution in [0.1, 0.15) is 43.2 Å². The molecule has 1 fully saturated rings. The largest absolute Gasteiger partial charge is 0.312 e. The van der Waals surface area contributed by atoms with Crippen LogP contribution < -0.4 is 5.32 Å². The van der Waals surface area contributed by atoms with E-state index in [0.29, 0.717) is 0 Å². The van der Waals surface area contributed by atoms with Crippen LogP contribution in [-0.4, -0.2) is 6.54 Å². The number of hydrogen-bond acceptors (Lipinski definition) is 2. The molecule has 1 aliphatic carbocycles. The Hall–Kier alpha value is -0.340. The molecule has 0 atom stereocenters. The van der Waals surface area contributed by atoms with Crippen molar-refractivity contribution in [2.45, 2.75) is 45.6 Å². The lowest BCUT2D eigenvalue weighted by atomic mass is 9.89. The quantitative estimate of drug-likeness (QED) is 0.820. The lowest BCUT2D eigenvalue weighted by Crippen LogP contribution is -2.24. The first-order valence-electron chi connectivity index (χ1n) is 6.08. The van der Waals surface area contributed by atoms with Gasteiger partial charge in [0.1, 0.15) is 0 Å². The van der Waals surface area contributed by atoms with E-state index in [2.05, 4.69) is 23.0 Å². The van der Waals surface area contributed by atoms with Gasteiger partial charge < -0.3 is 5.32 Å². The van der Waals surface area contributed by atoms with E-state index in [-0.39, 0.29) is 0 Å². The Morgan fingerprint density at radius 2 is 2.07 bits per heavy atom. The van der Waals surface area contributed by atoms with Crippen LogP contribution in [-0.2, 0) is 6.54 Å². The summed E-state index contributed by atoms with van der Waals surface area (Å²) in [6.45, 7) is 4.48. The highest BCUT2D eigenvalue weighted by molar-refractivity contribution is 7.08. The molecule has 1 saturated carbocycles. The monoisotopic (exact) mass is 223 g/mol. The molecule has 0 aliphatic heterocycles. The predicted octanol–water partition coefficient (Wildman–Crippen LogP) is 3.73. The smallest absolute Gasteiger partial charge is 0.0216 e. The Balaban J connectivity index is 1.68. The number of hydrogen-bond donors (Lipinski definition) is 1. The number of rotatable bonds is 4. The van der Waals surface area contributed by atoms with Gasteiger partial charge in [-0.3, -0.25) is 0 Å². The highest BCUT2D eigenvalue weighted by Crippen LogP contribution is 2.23. The Morgan fingerprint density at radius 1 is 1.27 bits per heavy atom. The first-order chi connectivity index (χ1) is 7.36. The van der Waals surface area contributed by atoms with Gasteiger partial charge in [-0.2, -0.15) is 11.3 Å². The molecular formula is C13H21NS. The van der Waals surface area contributed by atoms with Crippen molar-refractivity contribution in [3.05, 3.63) is 21.9 Å². The van der Waals surface area contributed by atoms with Crippen molar-refractivity contribution in [2.24, 2.45) is 5.92 Å². The van der Waals surface area contributed by atoms with Crippen LogP contribution in [0.2, 0.25) is 0 Å². The molecule has 84 valence electrons. The second-order valence-corrected chi connectivity index (χ2v) is 5.46. The fraction of sp³-hybridized carbons (Fsp3) is 0.692. The second kappa shape index (κ2) is 5.66. The topological polar surface area (TPSA) is 12.0 Å². The molecule has 0 spiro atoms. The van der Waals surface area contributed by atoms with Gasteiger partial charge in [-0.1, -0.05) is 19.3 Å². The molecule has 0 amide bonds. The van der Waals surface area contributed by atoms with E-state index in [1.807, 2.05) is 11.3 Å². The van der Waals surface area contributed by atoms with E-state index in [0.717, 1.165) is 12.5 Å². The summed E-state index contributed by atoms with van der Waals surface area (Å²) in [4.78, 5) is 0. The van der Waals surface area contributed by atoms with Crippen molar-refractivity contribution >= 4 is 11.3 Å². The van der Waals surface area contributed by atoms with Crippen LogP contribution in [0, 0.1) is 12.8 Å². The van der Waals surface area contributed by atoms with Gasteiger partial charge >= 0.3 is 0 Å². The Kier molecular flexibility index (Phi) is 4.21. The van der Waals surface area contributed by atoms with Crippen LogP contribution in [0.25, 0.3) is 0 Å². The van der Waals surface area contributed by atoms with Crippen LogP contribution in [0.3, 0.4) is 0 Å². The summed E-state index contributed by atoms with van der Waals surface area (Å²) in [5, 5.41) is 8.11. The molecule has 2 heteroatoms. The van der Waals surface area contributed by atoms with Gasteiger partial charge in [0, 0.05) is 6.54 Å². The van der Waals surface area contributed by atoms with E-state index in [1.165, 1.54) is 49.8 Å². The van der Waals surface area contributed by atoms with Crippen molar-refractivity contribution in [1.82, 2.24) is 5.32 Å². The maximum absolute atomic E-state index is 3.60. The van der Waals surface area contributed by atoms with Gasteiger partial charge in [-0.05, 0) is 54.1 Å². The zero-order valence-corrected chi connectivity index (χ0v) is 10.4. The standard InChI is InChI=1S/C13H21NS/c1-11-9-15-10-13(11)8-14-7-12-5-3-2-4-6-12/h9-10,12,14H,2-8H2,1H3. The summed E-state index contributed by atoms with van der Waals surface area (Å²) in [5.74, 6) is 0.942. The minimum atomic E-state index is 0.942. The average molecular weight is 223 g/mol. The third kappa shape index (κ3) is 3.32. The molecule has 2 rings (SSSR count). The molecule has 1 N–H and O–H groups in total. The summed E-state index contributed by atoms with van der Waals surface area (Å²) in [7, 11) is 0. The number of aryl methyl sites for hydroxylation is 1. The van der Waals surface area contributed by atoms with Gasteiger partial charge in [0.2, 0.25) is 0 Å². The molecule has 0 saturated heterocycles. The van der Waals surface area contributed by atoms with E-state index in [1.54, 1.807) is 0 Å². The maximum atomic E-state index is 3.60. The molecule has 15 heavy (non-hydrogen) atoms. The Labute approximate surface area is 96.9 Å². The number of thiophene rings is 1. The highest BCUT2D eigenvalue weighted by Gasteiger charge is 2.12. The average Bonchev–Trinajstić information content (AvgIpc) is 2.66. The van der Waals surface area contributed by atoms with Crippen molar-refractivity contribution in [3.8, 4) is 0 Å². The van der Waals surface area contributed by atoms with Crippen LogP contribution in [0.15, 0.2) is 10.8 Å². The summed E-state index contributed by atoms with van der Waals surface area (Å²) in [6.07, 6.45) is 7.24.